The van der Waals surface area contributed by atoms with Crippen molar-refractivity contribution in [3.05, 3.63) is 54.2 Å². The fourth-order valence-corrected chi connectivity index (χ4v) is 3.68. The molecule has 27 heavy (non-hydrogen) atoms. The molecule has 0 amide bonds. The Balaban J connectivity index is 1.64. The van der Waals surface area contributed by atoms with Crippen LogP contribution < -0.4 is 4.90 Å². The van der Waals surface area contributed by atoms with E-state index in [1.54, 1.807) is 6.92 Å². The number of anilines is 1. The third-order valence-corrected chi connectivity index (χ3v) is 5.24. The average Bonchev–Trinajstić information content (AvgIpc) is 2.72. The summed E-state index contributed by atoms with van der Waals surface area (Å²) in [4.78, 5) is 23.1. The maximum Gasteiger partial charge on any atom is 0.147 e. The van der Waals surface area contributed by atoms with Gasteiger partial charge in [0, 0.05) is 19.5 Å². The molecule has 0 spiro atoms. The van der Waals surface area contributed by atoms with Gasteiger partial charge in [0.1, 0.15) is 11.6 Å². The summed E-state index contributed by atoms with van der Waals surface area (Å²) < 4.78 is 0. The Morgan fingerprint density at radius 2 is 1.81 bits per heavy atom. The Morgan fingerprint density at radius 3 is 2.63 bits per heavy atom. The van der Waals surface area contributed by atoms with Gasteiger partial charge in [0.25, 0.3) is 0 Å². The fourth-order valence-electron chi connectivity index (χ4n) is 3.68. The minimum absolute atomic E-state index is 0.228. The SMILES string of the molecule is CC(=O)CCc1cccc(-c2ccc3ncc(N4CCCCC4)nc3c2)c1. The van der Waals surface area contributed by atoms with E-state index in [-0.39, 0.29) is 5.78 Å². The van der Waals surface area contributed by atoms with Gasteiger partial charge >= 0.3 is 0 Å². The highest BCUT2D eigenvalue weighted by Gasteiger charge is 2.13. The smallest absolute Gasteiger partial charge is 0.147 e. The van der Waals surface area contributed by atoms with Crippen molar-refractivity contribution in [1.82, 2.24) is 9.97 Å². The summed E-state index contributed by atoms with van der Waals surface area (Å²) in [5.41, 5.74) is 5.34. The topological polar surface area (TPSA) is 46.1 Å². The molecule has 1 saturated heterocycles. The second kappa shape index (κ2) is 7.87. The van der Waals surface area contributed by atoms with E-state index in [1.165, 1.54) is 24.8 Å². The third-order valence-electron chi connectivity index (χ3n) is 5.24. The molecule has 0 unspecified atom stereocenters. The number of hydrogen-bond donors (Lipinski definition) is 0. The number of hydrogen-bond acceptors (Lipinski definition) is 4. The Bertz CT molecular complexity index is 961. The van der Waals surface area contributed by atoms with E-state index in [2.05, 4.69) is 46.3 Å². The van der Waals surface area contributed by atoms with Crippen molar-refractivity contribution in [3.63, 3.8) is 0 Å². The zero-order valence-electron chi connectivity index (χ0n) is 15.8. The molecule has 4 heteroatoms. The number of aryl methyl sites for hydroxylation is 1. The van der Waals surface area contributed by atoms with Gasteiger partial charge in [0.05, 0.1) is 17.2 Å². The third kappa shape index (κ3) is 4.16. The van der Waals surface area contributed by atoms with E-state index >= 15 is 0 Å². The van der Waals surface area contributed by atoms with Crippen molar-refractivity contribution in [3.8, 4) is 11.1 Å². The molecule has 0 aliphatic carbocycles. The van der Waals surface area contributed by atoms with Crippen LogP contribution in [0, 0.1) is 0 Å². The zero-order valence-corrected chi connectivity index (χ0v) is 15.8. The van der Waals surface area contributed by atoms with Crippen LogP contribution in [0.15, 0.2) is 48.7 Å². The first-order valence-electron chi connectivity index (χ1n) is 9.79. The van der Waals surface area contributed by atoms with Crippen molar-refractivity contribution in [2.45, 2.75) is 39.0 Å². The van der Waals surface area contributed by atoms with Gasteiger partial charge in [-0.25, -0.2) is 4.98 Å². The molecule has 1 aliphatic heterocycles. The fraction of sp³-hybridized carbons (Fsp3) is 0.348. The molecule has 0 radical (unpaired) electrons. The van der Waals surface area contributed by atoms with Gasteiger partial charge in [0.2, 0.25) is 0 Å². The quantitative estimate of drug-likeness (QED) is 0.656. The number of fused-ring (bicyclic) bond motifs is 1. The van der Waals surface area contributed by atoms with Gasteiger partial charge in [-0.1, -0.05) is 30.3 Å². The molecule has 1 aromatic heterocycles. The van der Waals surface area contributed by atoms with Crippen LogP contribution >= 0.6 is 0 Å². The van der Waals surface area contributed by atoms with E-state index in [0.717, 1.165) is 47.5 Å². The highest BCUT2D eigenvalue weighted by atomic mass is 16.1. The molecule has 2 aromatic carbocycles. The first-order valence-corrected chi connectivity index (χ1v) is 9.79. The molecule has 138 valence electrons. The normalized spacial score (nSPS) is 14.5. The number of carbonyl (C=O) groups excluding carboxylic acids is 1. The summed E-state index contributed by atoms with van der Waals surface area (Å²) in [6, 6.07) is 14.7. The van der Waals surface area contributed by atoms with Crippen LogP contribution in [0.5, 0.6) is 0 Å². The molecule has 4 rings (SSSR count). The number of rotatable bonds is 5. The molecular formula is C23H25N3O. The lowest BCUT2D eigenvalue weighted by Crippen LogP contribution is -2.30. The number of piperidine rings is 1. The second-order valence-electron chi connectivity index (χ2n) is 7.38. The molecule has 1 aliphatic rings. The largest absolute Gasteiger partial charge is 0.355 e. The number of ketones is 1. The predicted octanol–water partition coefficient (Wildman–Crippen LogP) is 4.81. The van der Waals surface area contributed by atoms with Gasteiger partial charge in [-0.2, -0.15) is 0 Å². The molecule has 3 aromatic rings. The van der Waals surface area contributed by atoms with Gasteiger partial charge in [-0.05, 0) is 61.4 Å². The van der Waals surface area contributed by atoms with Crippen LogP contribution in [-0.2, 0) is 11.2 Å². The molecule has 0 N–H and O–H groups in total. The van der Waals surface area contributed by atoms with E-state index in [4.69, 9.17) is 4.98 Å². The van der Waals surface area contributed by atoms with E-state index in [1.807, 2.05) is 12.3 Å². The average molecular weight is 359 g/mol. The van der Waals surface area contributed by atoms with Gasteiger partial charge in [-0.15, -0.1) is 0 Å². The maximum atomic E-state index is 11.3. The van der Waals surface area contributed by atoms with Gasteiger partial charge in [0.15, 0.2) is 0 Å². The van der Waals surface area contributed by atoms with Crippen molar-refractivity contribution < 1.29 is 4.79 Å². The monoisotopic (exact) mass is 359 g/mol. The lowest BCUT2D eigenvalue weighted by molar-refractivity contribution is -0.116. The number of Topliss-reactive ketones (excluding diaryl/α,β-unsaturated/α-hetero) is 1. The molecule has 1 fully saturated rings. The highest BCUT2D eigenvalue weighted by Crippen LogP contribution is 2.26. The van der Waals surface area contributed by atoms with Crippen molar-refractivity contribution in [1.29, 1.82) is 0 Å². The minimum Gasteiger partial charge on any atom is -0.355 e. The number of aromatic nitrogens is 2. The second-order valence-corrected chi connectivity index (χ2v) is 7.38. The summed E-state index contributed by atoms with van der Waals surface area (Å²) >= 11 is 0. The Morgan fingerprint density at radius 1 is 1.00 bits per heavy atom. The van der Waals surface area contributed by atoms with Crippen molar-refractivity contribution in [2.24, 2.45) is 0 Å². The lowest BCUT2D eigenvalue weighted by atomic mass is 10.00. The number of nitrogens with zero attached hydrogens (tertiary/aromatic N) is 3. The molecule has 0 atom stereocenters. The minimum atomic E-state index is 0.228. The summed E-state index contributed by atoms with van der Waals surface area (Å²) in [6.45, 7) is 3.78. The van der Waals surface area contributed by atoms with Crippen LogP contribution in [0.3, 0.4) is 0 Å². The predicted molar refractivity (Wildman–Crippen MR) is 110 cm³/mol. The summed E-state index contributed by atoms with van der Waals surface area (Å²) in [7, 11) is 0. The highest BCUT2D eigenvalue weighted by molar-refractivity contribution is 5.82. The summed E-state index contributed by atoms with van der Waals surface area (Å²) in [5.74, 6) is 1.21. The molecular weight excluding hydrogens is 334 g/mol. The Kier molecular flexibility index (Phi) is 5.14. The number of carbonyl (C=O) groups is 1. The molecule has 2 heterocycles. The molecule has 4 nitrogen and oxygen atoms in total. The van der Waals surface area contributed by atoms with Crippen LogP contribution in [0.25, 0.3) is 22.2 Å². The first-order chi connectivity index (χ1) is 13.2. The zero-order chi connectivity index (χ0) is 18.6. The van der Waals surface area contributed by atoms with E-state index in [0.29, 0.717) is 6.42 Å². The van der Waals surface area contributed by atoms with Crippen LogP contribution in [0.2, 0.25) is 0 Å². The van der Waals surface area contributed by atoms with Crippen LogP contribution in [0.4, 0.5) is 5.82 Å². The van der Waals surface area contributed by atoms with Crippen molar-refractivity contribution in [2.75, 3.05) is 18.0 Å². The summed E-state index contributed by atoms with van der Waals surface area (Å²) in [5, 5.41) is 0. The van der Waals surface area contributed by atoms with Gasteiger partial charge in [-0.3, -0.25) is 4.98 Å². The van der Waals surface area contributed by atoms with Crippen molar-refractivity contribution >= 4 is 22.6 Å². The Hall–Kier alpha value is -2.75. The van der Waals surface area contributed by atoms with E-state index < -0.39 is 0 Å². The summed E-state index contributed by atoms with van der Waals surface area (Å²) in [6.07, 6.45) is 7.04. The van der Waals surface area contributed by atoms with Gasteiger partial charge < -0.3 is 9.69 Å². The lowest BCUT2D eigenvalue weighted by Gasteiger charge is -2.27. The molecule has 0 saturated carbocycles. The van der Waals surface area contributed by atoms with Crippen LogP contribution in [0.1, 0.15) is 38.2 Å². The number of benzene rings is 2. The maximum absolute atomic E-state index is 11.3. The van der Waals surface area contributed by atoms with E-state index in [9.17, 15) is 4.79 Å². The standard InChI is InChI=1S/C23H25N3O/c1-17(27)8-9-18-6-5-7-19(14-18)20-10-11-21-22(15-20)25-23(16-24-21)26-12-3-2-4-13-26/h5-7,10-11,14-16H,2-4,8-9,12-13H2,1H3. The first kappa shape index (κ1) is 17.7. The molecule has 0 bridgehead atoms. The Labute approximate surface area is 160 Å². The van der Waals surface area contributed by atoms with Crippen LogP contribution in [-0.4, -0.2) is 28.8 Å².